The van der Waals surface area contributed by atoms with E-state index in [2.05, 4.69) is 27.5 Å². The van der Waals surface area contributed by atoms with Crippen LogP contribution in [-0.4, -0.2) is 29.0 Å². The molecule has 21 heavy (non-hydrogen) atoms. The summed E-state index contributed by atoms with van der Waals surface area (Å²) < 4.78 is 0. The maximum atomic E-state index is 12.1. The number of amides is 1. The fourth-order valence-electron chi connectivity index (χ4n) is 2.19. The van der Waals surface area contributed by atoms with Gasteiger partial charge in [0, 0.05) is 43.2 Å². The molecule has 1 amide bonds. The fourth-order valence-corrected chi connectivity index (χ4v) is 2.19. The first kappa shape index (κ1) is 15.1. The van der Waals surface area contributed by atoms with Crippen LogP contribution in [0.15, 0.2) is 30.6 Å². The highest BCUT2D eigenvalue weighted by Crippen LogP contribution is 2.16. The Bertz CT molecular complexity index is 578. The van der Waals surface area contributed by atoms with Crippen molar-refractivity contribution in [1.82, 2.24) is 15.3 Å². The Labute approximate surface area is 125 Å². The van der Waals surface area contributed by atoms with E-state index in [0.29, 0.717) is 12.1 Å². The summed E-state index contributed by atoms with van der Waals surface area (Å²) in [6, 6.07) is 5.73. The molecule has 0 aliphatic heterocycles. The molecular formula is C16H22N4O. The Kier molecular flexibility index (Phi) is 5.37. The number of benzene rings is 1. The fraction of sp³-hybridized carbons (Fsp3) is 0.375. The van der Waals surface area contributed by atoms with Crippen molar-refractivity contribution in [3.8, 4) is 0 Å². The summed E-state index contributed by atoms with van der Waals surface area (Å²) in [5.41, 5.74) is 2.86. The summed E-state index contributed by atoms with van der Waals surface area (Å²) in [5, 5.41) is 6.21. The van der Waals surface area contributed by atoms with Gasteiger partial charge in [0.1, 0.15) is 5.82 Å². The van der Waals surface area contributed by atoms with E-state index in [1.54, 1.807) is 6.20 Å². The van der Waals surface area contributed by atoms with Gasteiger partial charge in [0.05, 0.1) is 0 Å². The molecule has 5 nitrogen and oxygen atoms in total. The van der Waals surface area contributed by atoms with Gasteiger partial charge in [0.25, 0.3) is 5.91 Å². The number of aromatic amines is 1. The molecule has 0 bridgehead atoms. The molecular weight excluding hydrogens is 264 g/mol. The average Bonchev–Trinajstić information content (AvgIpc) is 2.99. The normalized spacial score (nSPS) is 10.4. The number of rotatable bonds is 7. The average molecular weight is 286 g/mol. The third-order valence-electron chi connectivity index (χ3n) is 3.29. The number of carbonyl (C=O) groups excluding carboxylic acids is 1. The van der Waals surface area contributed by atoms with E-state index in [4.69, 9.17) is 0 Å². The lowest BCUT2D eigenvalue weighted by molar-refractivity contribution is 0.0953. The summed E-state index contributed by atoms with van der Waals surface area (Å²) in [6.07, 6.45) is 5.25. The Morgan fingerprint density at radius 3 is 2.90 bits per heavy atom. The molecule has 1 heterocycles. The lowest BCUT2D eigenvalue weighted by Crippen LogP contribution is -2.25. The Balaban J connectivity index is 1.81. The molecule has 112 valence electrons. The third-order valence-corrected chi connectivity index (χ3v) is 3.29. The minimum Gasteiger partial charge on any atom is -0.385 e. The largest absolute Gasteiger partial charge is 0.385 e. The minimum absolute atomic E-state index is 0.0272. The predicted octanol–water partition coefficient (Wildman–Crippen LogP) is 2.51. The van der Waals surface area contributed by atoms with Gasteiger partial charge in [-0.1, -0.05) is 0 Å². The summed E-state index contributed by atoms with van der Waals surface area (Å²) in [7, 11) is 0. The van der Waals surface area contributed by atoms with Crippen LogP contribution in [0, 0.1) is 6.92 Å². The second-order valence-corrected chi connectivity index (χ2v) is 4.96. The van der Waals surface area contributed by atoms with Crippen LogP contribution < -0.4 is 10.6 Å². The number of aryl methyl sites for hydroxylation is 2. The van der Waals surface area contributed by atoms with Crippen molar-refractivity contribution in [2.24, 2.45) is 0 Å². The first-order valence-corrected chi connectivity index (χ1v) is 7.31. The van der Waals surface area contributed by atoms with E-state index in [1.807, 2.05) is 31.3 Å². The summed E-state index contributed by atoms with van der Waals surface area (Å²) >= 11 is 0. The van der Waals surface area contributed by atoms with Crippen LogP contribution in [-0.2, 0) is 6.42 Å². The number of H-pyrrole nitrogens is 1. The molecule has 0 radical (unpaired) electrons. The van der Waals surface area contributed by atoms with Gasteiger partial charge in [-0.2, -0.15) is 0 Å². The molecule has 1 aromatic heterocycles. The molecule has 0 fully saturated rings. The number of nitrogens with zero attached hydrogens (tertiary/aromatic N) is 1. The smallest absolute Gasteiger partial charge is 0.251 e. The molecule has 0 aliphatic carbocycles. The lowest BCUT2D eigenvalue weighted by Gasteiger charge is -2.10. The highest BCUT2D eigenvalue weighted by atomic mass is 16.1. The molecule has 5 heteroatoms. The van der Waals surface area contributed by atoms with E-state index in [1.165, 1.54) is 0 Å². The maximum Gasteiger partial charge on any atom is 0.251 e. The van der Waals surface area contributed by atoms with Crippen molar-refractivity contribution in [3.05, 3.63) is 47.5 Å². The maximum absolute atomic E-state index is 12.1. The summed E-state index contributed by atoms with van der Waals surface area (Å²) in [4.78, 5) is 19.3. The summed E-state index contributed by atoms with van der Waals surface area (Å²) in [5.74, 6) is 0.927. The van der Waals surface area contributed by atoms with Crippen LogP contribution in [0.1, 0.15) is 35.1 Å². The van der Waals surface area contributed by atoms with Crippen LogP contribution in [0.3, 0.4) is 0 Å². The van der Waals surface area contributed by atoms with E-state index in [0.717, 1.165) is 36.5 Å². The highest BCUT2D eigenvalue weighted by molar-refractivity contribution is 5.94. The number of anilines is 1. The zero-order valence-corrected chi connectivity index (χ0v) is 12.6. The molecule has 0 spiro atoms. The van der Waals surface area contributed by atoms with Gasteiger partial charge in [-0.3, -0.25) is 4.79 Å². The van der Waals surface area contributed by atoms with Crippen LogP contribution in [0.4, 0.5) is 5.69 Å². The van der Waals surface area contributed by atoms with Crippen molar-refractivity contribution in [3.63, 3.8) is 0 Å². The SMILES string of the molecule is CCNc1ccc(C(=O)NCCCc2ncc[nH]2)cc1C. The number of nitrogens with one attached hydrogen (secondary N) is 3. The topological polar surface area (TPSA) is 69.8 Å². The number of carbonyl (C=O) groups is 1. The van der Waals surface area contributed by atoms with Crippen LogP contribution in [0.2, 0.25) is 0 Å². The van der Waals surface area contributed by atoms with Crippen molar-refractivity contribution in [1.29, 1.82) is 0 Å². The predicted molar refractivity (Wildman–Crippen MR) is 84.6 cm³/mol. The molecule has 2 rings (SSSR count). The van der Waals surface area contributed by atoms with Crippen molar-refractivity contribution < 1.29 is 4.79 Å². The van der Waals surface area contributed by atoms with Gasteiger partial charge < -0.3 is 15.6 Å². The van der Waals surface area contributed by atoms with E-state index in [-0.39, 0.29) is 5.91 Å². The first-order valence-electron chi connectivity index (χ1n) is 7.31. The third kappa shape index (κ3) is 4.34. The van der Waals surface area contributed by atoms with Crippen LogP contribution in [0.5, 0.6) is 0 Å². The molecule has 0 atom stereocenters. The lowest BCUT2D eigenvalue weighted by atomic mass is 10.1. The van der Waals surface area contributed by atoms with Crippen molar-refractivity contribution in [2.75, 3.05) is 18.4 Å². The van der Waals surface area contributed by atoms with E-state index < -0.39 is 0 Å². The van der Waals surface area contributed by atoms with E-state index >= 15 is 0 Å². The first-order chi connectivity index (χ1) is 10.2. The van der Waals surface area contributed by atoms with Gasteiger partial charge in [-0.05, 0) is 44.0 Å². The molecule has 2 aromatic rings. The van der Waals surface area contributed by atoms with Gasteiger partial charge >= 0.3 is 0 Å². The minimum atomic E-state index is -0.0272. The van der Waals surface area contributed by atoms with Crippen LogP contribution in [0.25, 0.3) is 0 Å². The molecule has 1 aromatic carbocycles. The zero-order chi connectivity index (χ0) is 15.1. The number of hydrogen-bond acceptors (Lipinski definition) is 3. The number of imidazole rings is 1. The van der Waals surface area contributed by atoms with E-state index in [9.17, 15) is 4.79 Å². The second kappa shape index (κ2) is 7.47. The molecule has 0 saturated carbocycles. The number of hydrogen-bond donors (Lipinski definition) is 3. The molecule has 3 N–H and O–H groups in total. The quantitative estimate of drug-likeness (QED) is 0.685. The number of aromatic nitrogens is 2. The Hall–Kier alpha value is -2.30. The van der Waals surface area contributed by atoms with Gasteiger partial charge in [-0.15, -0.1) is 0 Å². The molecule has 0 saturated heterocycles. The Morgan fingerprint density at radius 1 is 1.38 bits per heavy atom. The highest BCUT2D eigenvalue weighted by Gasteiger charge is 2.07. The monoisotopic (exact) mass is 286 g/mol. The zero-order valence-electron chi connectivity index (χ0n) is 12.6. The second-order valence-electron chi connectivity index (χ2n) is 4.96. The van der Waals surface area contributed by atoms with Crippen molar-refractivity contribution in [2.45, 2.75) is 26.7 Å². The Morgan fingerprint density at radius 2 is 2.24 bits per heavy atom. The van der Waals surface area contributed by atoms with Crippen molar-refractivity contribution >= 4 is 11.6 Å². The molecule has 0 aliphatic rings. The van der Waals surface area contributed by atoms with Gasteiger partial charge in [0.15, 0.2) is 0 Å². The standard InChI is InChI=1S/C16H22N4O/c1-3-17-14-7-6-13(11-12(14)2)16(21)20-8-4-5-15-18-9-10-19-15/h6-7,9-11,17H,3-5,8H2,1-2H3,(H,18,19)(H,20,21). The summed E-state index contributed by atoms with van der Waals surface area (Å²) in [6.45, 7) is 5.58. The molecule has 0 unspecified atom stereocenters. The van der Waals surface area contributed by atoms with Crippen LogP contribution >= 0.6 is 0 Å². The van der Waals surface area contributed by atoms with Gasteiger partial charge in [-0.25, -0.2) is 4.98 Å². The van der Waals surface area contributed by atoms with Gasteiger partial charge in [0.2, 0.25) is 0 Å².